The maximum Gasteiger partial charge on any atom is -1.00 e. The molecule has 0 unspecified atom stereocenters. The van der Waals surface area contributed by atoms with Crippen LogP contribution in [0.1, 0.15) is 6.42 Å². The van der Waals surface area contributed by atoms with Crippen molar-refractivity contribution in [2.45, 2.75) is 11.4 Å². The van der Waals surface area contributed by atoms with Crippen LogP contribution in [0.5, 0.6) is 0 Å². The molecule has 0 aromatic rings. The van der Waals surface area contributed by atoms with Crippen LogP contribution >= 0.6 is 0 Å². The summed E-state index contributed by atoms with van der Waals surface area (Å²) in [5, 5.41) is 1.35. The van der Waals surface area contributed by atoms with E-state index in [0.717, 1.165) is 0 Å². The second-order valence-electron chi connectivity index (χ2n) is 0.931. The number of allylic oxidation sites excluding steroid dienone is 1. The molecule has 0 fully saturated rings. The number of halogens is 1. The van der Waals surface area contributed by atoms with Gasteiger partial charge in [-0.1, -0.05) is 0 Å². The van der Waals surface area contributed by atoms with Gasteiger partial charge in [0.15, 0.2) is 0 Å². The van der Waals surface area contributed by atoms with Gasteiger partial charge in [0.05, 0.1) is 0 Å². The van der Waals surface area contributed by atoms with Gasteiger partial charge in [-0.05, 0) is 0 Å². The van der Waals surface area contributed by atoms with Crippen molar-refractivity contribution in [3.8, 4) is 0 Å². The molecule has 6 heavy (non-hydrogen) atoms. The van der Waals surface area contributed by atoms with Crippen LogP contribution in [0.4, 0.5) is 0 Å². The minimum absolute atomic E-state index is 0. The molecule has 0 atom stereocenters. The van der Waals surface area contributed by atoms with Crippen molar-refractivity contribution < 1.29 is 30.7 Å². The molecule has 32 valence electrons. The second kappa shape index (κ2) is 9.17. The molecule has 0 bridgehead atoms. The van der Waals surface area contributed by atoms with E-state index < -0.39 is 0 Å². The molecule has 0 aliphatic heterocycles. The van der Waals surface area contributed by atoms with Crippen LogP contribution in [0.25, 0.3) is 0 Å². The Labute approximate surface area is 55.1 Å². The maximum atomic E-state index is 3.57. The summed E-state index contributed by atoms with van der Waals surface area (Å²) in [6.07, 6.45) is 3.17. The average Bonchev–Trinajstić information content (AvgIpc) is 1.41. The fourth-order valence-electron chi connectivity index (χ4n) is 0.144. The van der Waals surface area contributed by atoms with E-state index >= 15 is 0 Å². The first-order valence-corrected chi connectivity index (χ1v) is 3.91. The van der Waals surface area contributed by atoms with Crippen LogP contribution in [-0.4, -0.2) is 0 Å². The molecule has 0 amide bonds. The second-order valence-corrected chi connectivity index (χ2v) is 2.41. The molecule has 0 aromatic carbocycles. The standard InChI is InChI=1S/C4H7.ClH.Zn/c1-3-4-2;;/h3H,1-2,4H2;1H;/q;;+1/p-1. The summed E-state index contributed by atoms with van der Waals surface area (Å²) in [4.78, 5) is 0. The molecule has 0 N–H and O–H groups in total. The zero-order valence-electron chi connectivity index (χ0n) is 3.78. The Bertz CT molecular complexity index is 28.7. The monoisotopic (exact) mass is 154 g/mol. The number of rotatable bonds is 2. The molecule has 2 heteroatoms. The van der Waals surface area contributed by atoms with Gasteiger partial charge in [0, 0.05) is 0 Å². The predicted octanol–water partition coefficient (Wildman–Crippen LogP) is -1.47. The quantitative estimate of drug-likeness (QED) is 0.338. The number of hydrogen-bond donors (Lipinski definition) is 0. The summed E-state index contributed by atoms with van der Waals surface area (Å²) >= 11 is 1.41. The Morgan fingerprint density at radius 3 is 2.17 bits per heavy atom. The minimum Gasteiger partial charge on any atom is -1.00 e. The van der Waals surface area contributed by atoms with Crippen molar-refractivity contribution in [3.05, 3.63) is 12.7 Å². The fourth-order valence-corrected chi connectivity index (χ4v) is 0.750. The van der Waals surface area contributed by atoms with Gasteiger partial charge >= 0.3 is 42.4 Å². The van der Waals surface area contributed by atoms with E-state index in [1.807, 2.05) is 6.08 Å². The van der Waals surface area contributed by atoms with E-state index in [1.165, 1.54) is 29.7 Å². The van der Waals surface area contributed by atoms with Crippen LogP contribution in [0, 0.1) is 0 Å². The Morgan fingerprint density at radius 2 is 2.17 bits per heavy atom. The van der Waals surface area contributed by atoms with E-state index in [4.69, 9.17) is 0 Å². The van der Waals surface area contributed by atoms with Gasteiger partial charge in [0.2, 0.25) is 0 Å². The predicted molar refractivity (Wildman–Crippen MR) is 19.6 cm³/mol. The van der Waals surface area contributed by atoms with Crippen molar-refractivity contribution in [1.29, 1.82) is 0 Å². The van der Waals surface area contributed by atoms with E-state index in [0.29, 0.717) is 0 Å². The molecule has 0 rings (SSSR count). The maximum absolute atomic E-state index is 3.57. The first kappa shape index (κ1) is 9.82. The van der Waals surface area contributed by atoms with E-state index in [-0.39, 0.29) is 12.4 Å². The molecule has 0 spiro atoms. The molecule has 0 nitrogen and oxygen atoms in total. The van der Waals surface area contributed by atoms with Crippen molar-refractivity contribution >= 4 is 0 Å². The summed E-state index contributed by atoms with van der Waals surface area (Å²) in [6.45, 7) is 3.57. The van der Waals surface area contributed by atoms with E-state index in [1.54, 1.807) is 0 Å². The first-order chi connectivity index (χ1) is 2.41. The van der Waals surface area contributed by atoms with Gasteiger partial charge in [-0.2, -0.15) is 0 Å². The molecular weight excluding hydrogens is 149 g/mol. The van der Waals surface area contributed by atoms with Gasteiger partial charge in [-0.15, -0.1) is 0 Å². The smallest absolute Gasteiger partial charge is 1.00 e. The molecule has 0 aromatic heterocycles. The van der Waals surface area contributed by atoms with Crippen LogP contribution in [0.15, 0.2) is 12.7 Å². The third-order valence-electron chi connectivity index (χ3n) is 0.408. The van der Waals surface area contributed by atoms with E-state index in [2.05, 4.69) is 6.58 Å². The number of hydrogen-bond acceptors (Lipinski definition) is 0. The van der Waals surface area contributed by atoms with Gasteiger partial charge in [-0.3, -0.25) is 0 Å². The summed E-state index contributed by atoms with van der Waals surface area (Å²) in [5.74, 6) is 0. The Balaban J connectivity index is 0. The fraction of sp³-hybridized carbons (Fsp3) is 0.500. The largest absolute Gasteiger partial charge is 1.00 e. The zero-order chi connectivity index (χ0) is 4.12. The first-order valence-electron chi connectivity index (χ1n) is 1.82. The topological polar surface area (TPSA) is 0 Å². The SMILES string of the molecule is C=CC[CH2][Zn+].[Cl-]. The third-order valence-corrected chi connectivity index (χ3v) is 1.26. The van der Waals surface area contributed by atoms with Crippen molar-refractivity contribution in [3.63, 3.8) is 0 Å². The Morgan fingerprint density at radius 1 is 1.67 bits per heavy atom. The van der Waals surface area contributed by atoms with Crippen LogP contribution in [-0.2, 0) is 18.3 Å². The van der Waals surface area contributed by atoms with Gasteiger partial charge in [0.1, 0.15) is 0 Å². The molecule has 0 radical (unpaired) electrons. The van der Waals surface area contributed by atoms with Crippen LogP contribution in [0.2, 0.25) is 5.02 Å². The Kier molecular flexibility index (Phi) is 15.0. The van der Waals surface area contributed by atoms with E-state index in [9.17, 15) is 0 Å². The summed E-state index contributed by atoms with van der Waals surface area (Å²) < 4.78 is 0. The normalized spacial score (nSPS) is 6.33. The zero-order valence-corrected chi connectivity index (χ0v) is 7.51. The van der Waals surface area contributed by atoms with Crippen LogP contribution < -0.4 is 12.4 Å². The molecule has 0 aliphatic carbocycles. The van der Waals surface area contributed by atoms with Crippen molar-refractivity contribution in [1.82, 2.24) is 0 Å². The summed E-state index contributed by atoms with van der Waals surface area (Å²) in [6, 6.07) is 0. The average molecular weight is 156 g/mol. The molecule has 0 saturated heterocycles. The van der Waals surface area contributed by atoms with Gasteiger partial charge < -0.3 is 12.4 Å². The van der Waals surface area contributed by atoms with Gasteiger partial charge in [-0.25, -0.2) is 0 Å². The minimum atomic E-state index is 0. The molecule has 0 aliphatic rings. The molecule has 0 saturated carbocycles. The van der Waals surface area contributed by atoms with Crippen LogP contribution in [0.3, 0.4) is 0 Å². The Hall–Kier alpha value is 0.653. The third kappa shape index (κ3) is 8.82. The summed E-state index contributed by atoms with van der Waals surface area (Å²) in [5.41, 5.74) is 0. The van der Waals surface area contributed by atoms with Crippen molar-refractivity contribution in [2.24, 2.45) is 0 Å². The van der Waals surface area contributed by atoms with Crippen molar-refractivity contribution in [2.75, 3.05) is 0 Å². The van der Waals surface area contributed by atoms with Gasteiger partial charge in [0.25, 0.3) is 0 Å². The molecule has 0 heterocycles. The summed E-state index contributed by atoms with van der Waals surface area (Å²) in [7, 11) is 0. The molecular formula is C4H7ClZn.